The van der Waals surface area contributed by atoms with Crippen LogP contribution in [-0.4, -0.2) is 57.5 Å². The van der Waals surface area contributed by atoms with Crippen molar-refractivity contribution in [1.29, 1.82) is 0 Å². The molecule has 29 heavy (non-hydrogen) atoms. The zero-order chi connectivity index (χ0) is 20.1. The van der Waals surface area contributed by atoms with Crippen molar-refractivity contribution >= 4 is 11.9 Å². The van der Waals surface area contributed by atoms with Crippen molar-refractivity contribution in [3.05, 3.63) is 23.8 Å². The lowest BCUT2D eigenvalue weighted by molar-refractivity contribution is -1.02. The summed E-state index contributed by atoms with van der Waals surface area (Å²) in [7, 11) is 0. The van der Waals surface area contributed by atoms with Gasteiger partial charge in [-0.2, -0.15) is 0 Å². The Hall–Kier alpha value is -2.32. The molecule has 0 atom stereocenters. The molecule has 3 aliphatic rings. The number of fused-ring (bicyclic) bond motifs is 1. The van der Waals surface area contributed by atoms with Gasteiger partial charge >= 0.3 is 6.03 Å². The number of carbonyl (C=O) groups is 2. The van der Waals surface area contributed by atoms with Gasteiger partial charge in [0.25, 0.3) is 5.91 Å². The Labute approximate surface area is 171 Å². The molecule has 0 unspecified atom stereocenters. The number of imide groups is 1. The van der Waals surface area contributed by atoms with Crippen LogP contribution in [0.4, 0.5) is 4.79 Å². The largest absolute Gasteiger partial charge is 0.454 e. The van der Waals surface area contributed by atoms with Crippen LogP contribution in [0.1, 0.15) is 37.7 Å². The zero-order valence-electron chi connectivity index (χ0n) is 16.9. The van der Waals surface area contributed by atoms with Crippen molar-refractivity contribution in [3.63, 3.8) is 0 Å². The Bertz CT molecular complexity index is 727. The SMILES string of the molecule is O=C(C[NH+]1CC[NH+](Cc2ccc3c(c2)OCO3)CC1)NC(=O)NC1CCCCC1. The summed E-state index contributed by atoms with van der Waals surface area (Å²) in [5.41, 5.74) is 1.24. The van der Waals surface area contributed by atoms with Crippen LogP contribution in [0.3, 0.4) is 0 Å². The molecule has 158 valence electrons. The summed E-state index contributed by atoms with van der Waals surface area (Å²) < 4.78 is 10.8. The quantitative estimate of drug-likeness (QED) is 0.500. The molecule has 0 bridgehead atoms. The number of nitrogens with one attached hydrogen (secondary N) is 4. The molecule has 2 aliphatic heterocycles. The minimum Gasteiger partial charge on any atom is -0.454 e. The molecule has 1 saturated heterocycles. The predicted octanol–water partition coefficient (Wildman–Crippen LogP) is -1.14. The van der Waals surface area contributed by atoms with Gasteiger partial charge in [-0.25, -0.2) is 4.79 Å². The number of hydrogen-bond donors (Lipinski definition) is 4. The minimum absolute atomic E-state index is 0.187. The second-order valence-corrected chi connectivity index (χ2v) is 8.40. The fourth-order valence-electron chi connectivity index (χ4n) is 4.52. The van der Waals surface area contributed by atoms with Crippen LogP contribution in [0.15, 0.2) is 18.2 Å². The van der Waals surface area contributed by atoms with Gasteiger partial charge in [0, 0.05) is 11.6 Å². The molecule has 0 radical (unpaired) electrons. The van der Waals surface area contributed by atoms with E-state index in [1.807, 2.05) is 6.07 Å². The molecule has 0 aromatic heterocycles. The van der Waals surface area contributed by atoms with Gasteiger partial charge in [-0.1, -0.05) is 19.3 Å². The number of hydrogen-bond acceptors (Lipinski definition) is 4. The third-order valence-electron chi connectivity index (χ3n) is 6.16. The molecule has 4 N–H and O–H groups in total. The van der Waals surface area contributed by atoms with Crippen molar-refractivity contribution in [2.45, 2.75) is 44.7 Å². The van der Waals surface area contributed by atoms with Gasteiger partial charge in [-0.15, -0.1) is 0 Å². The second-order valence-electron chi connectivity index (χ2n) is 8.40. The number of piperazine rings is 1. The van der Waals surface area contributed by atoms with Crippen LogP contribution in [-0.2, 0) is 11.3 Å². The summed E-state index contributed by atoms with van der Waals surface area (Å²) >= 11 is 0. The number of urea groups is 1. The number of carbonyl (C=O) groups excluding carboxylic acids is 2. The lowest BCUT2D eigenvalue weighted by Crippen LogP contribution is -3.28. The van der Waals surface area contributed by atoms with Gasteiger partial charge in [0.2, 0.25) is 6.79 Å². The van der Waals surface area contributed by atoms with Crippen molar-refractivity contribution in [2.24, 2.45) is 0 Å². The summed E-state index contributed by atoms with van der Waals surface area (Å²) in [5.74, 6) is 1.46. The van der Waals surface area contributed by atoms with Crippen LogP contribution >= 0.6 is 0 Å². The Balaban J connectivity index is 1.16. The monoisotopic (exact) mass is 404 g/mol. The first-order valence-electron chi connectivity index (χ1n) is 10.8. The average molecular weight is 405 g/mol. The Morgan fingerprint density at radius 2 is 1.69 bits per heavy atom. The van der Waals surface area contributed by atoms with E-state index in [2.05, 4.69) is 22.8 Å². The molecule has 2 fully saturated rings. The highest BCUT2D eigenvalue weighted by Gasteiger charge is 2.26. The maximum atomic E-state index is 12.2. The van der Waals surface area contributed by atoms with Crippen molar-refractivity contribution < 1.29 is 28.9 Å². The molecule has 8 heteroatoms. The van der Waals surface area contributed by atoms with E-state index in [1.165, 1.54) is 21.8 Å². The molecule has 2 heterocycles. The average Bonchev–Trinajstić information content (AvgIpc) is 3.18. The normalized spacial score (nSPS) is 24.1. The zero-order valence-corrected chi connectivity index (χ0v) is 16.9. The van der Waals surface area contributed by atoms with Crippen molar-refractivity contribution in [1.82, 2.24) is 10.6 Å². The summed E-state index contributed by atoms with van der Waals surface area (Å²) in [6.45, 7) is 5.47. The van der Waals surface area contributed by atoms with E-state index in [4.69, 9.17) is 9.47 Å². The minimum atomic E-state index is -0.339. The van der Waals surface area contributed by atoms with Gasteiger partial charge in [0.1, 0.15) is 32.7 Å². The van der Waals surface area contributed by atoms with Crippen molar-refractivity contribution in [2.75, 3.05) is 39.5 Å². The topological polar surface area (TPSA) is 85.5 Å². The number of rotatable bonds is 5. The van der Waals surface area contributed by atoms with Gasteiger partial charge in [-0.05, 0) is 31.0 Å². The summed E-state index contributed by atoms with van der Waals surface area (Å²) in [6.07, 6.45) is 5.58. The fraction of sp³-hybridized carbons (Fsp3) is 0.619. The maximum absolute atomic E-state index is 12.2. The van der Waals surface area contributed by atoms with Crippen LogP contribution < -0.4 is 29.9 Å². The van der Waals surface area contributed by atoms with Gasteiger partial charge < -0.3 is 24.6 Å². The van der Waals surface area contributed by atoms with E-state index in [0.29, 0.717) is 13.3 Å². The summed E-state index contributed by atoms with van der Waals surface area (Å²) in [6, 6.07) is 6.01. The Kier molecular flexibility index (Phi) is 6.51. The van der Waals surface area contributed by atoms with Gasteiger partial charge in [-0.3, -0.25) is 10.1 Å². The highest BCUT2D eigenvalue weighted by atomic mass is 16.7. The number of benzene rings is 1. The predicted molar refractivity (Wildman–Crippen MR) is 106 cm³/mol. The number of quaternary nitrogens is 2. The van der Waals surface area contributed by atoms with Gasteiger partial charge in [0.15, 0.2) is 18.0 Å². The van der Waals surface area contributed by atoms with E-state index < -0.39 is 0 Å². The van der Waals surface area contributed by atoms with E-state index in [1.54, 1.807) is 0 Å². The van der Waals surface area contributed by atoms with Crippen LogP contribution in [0.25, 0.3) is 0 Å². The fourth-order valence-corrected chi connectivity index (χ4v) is 4.52. The molecule has 1 aromatic carbocycles. The van der Waals surface area contributed by atoms with Crippen LogP contribution in [0.2, 0.25) is 0 Å². The summed E-state index contributed by atoms with van der Waals surface area (Å²) in [4.78, 5) is 27.0. The molecule has 1 aromatic rings. The third-order valence-corrected chi connectivity index (χ3v) is 6.16. The molecule has 8 nitrogen and oxygen atoms in total. The molecule has 1 saturated carbocycles. The molecule has 0 spiro atoms. The second kappa shape index (κ2) is 9.45. The standard InChI is InChI=1S/C21H30N4O4/c26-20(23-21(27)22-17-4-2-1-3-5-17)14-25-10-8-24(9-11-25)13-16-6-7-18-19(12-16)29-15-28-18/h6-7,12,17H,1-5,8-11,13-15H2,(H2,22,23,26,27)/p+2. The van der Waals surface area contributed by atoms with Crippen molar-refractivity contribution in [3.8, 4) is 11.5 Å². The lowest BCUT2D eigenvalue weighted by Gasteiger charge is -2.29. The van der Waals surface area contributed by atoms with Crippen LogP contribution in [0.5, 0.6) is 11.5 Å². The first-order chi connectivity index (χ1) is 14.2. The van der Waals surface area contributed by atoms with Gasteiger partial charge in [0.05, 0.1) is 0 Å². The first-order valence-corrected chi connectivity index (χ1v) is 10.8. The lowest BCUT2D eigenvalue weighted by atomic mass is 9.96. The molecule has 4 rings (SSSR count). The Morgan fingerprint density at radius 1 is 0.966 bits per heavy atom. The van der Waals surface area contributed by atoms with E-state index in [9.17, 15) is 9.59 Å². The highest BCUT2D eigenvalue weighted by molar-refractivity contribution is 5.94. The molecular weight excluding hydrogens is 372 g/mol. The first kappa shape index (κ1) is 20.0. The van der Waals surface area contributed by atoms with E-state index >= 15 is 0 Å². The molecular formula is C21H32N4O4+2. The molecule has 3 amide bonds. The molecule has 1 aliphatic carbocycles. The summed E-state index contributed by atoms with van der Waals surface area (Å²) in [5, 5.41) is 5.44. The van der Waals surface area contributed by atoms with E-state index in [-0.39, 0.29) is 18.0 Å². The number of ether oxygens (including phenoxy) is 2. The van der Waals surface area contributed by atoms with Crippen LogP contribution in [0, 0.1) is 0 Å². The smallest absolute Gasteiger partial charge is 0.321 e. The third kappa shape index (κ3) is 5.61. The maximum Gasteiger partial charge on any atom is 0.321 e. The van der Waals surface area contributed by atoms with E-state index in [0.717, 1.165) is 69.9 Å². The highest BCUT2D eigenvalue weighted by Crippen LogP contribution is 2.32. The Morgan fingerprint density at radius 3 is 2.48 bits per heavy atom. The number of amides is 3.